The highest BCUT2D eigenvalue weighted by atomic mass is 16.2. The zero-order valence-corrected chi connectivity index (χ0v) is 7.02. The molecule has 0 rings (SSSR count). The van der Waals surface area contributed by atoms with Gasteiger partial charge in [-0.1, -0.05) is 13.8 Å². The molecule has 3 nitrogen and oxygen atoms in total. The van der Waals surface area contributed by atoms with Gasteiger partial charge in [-0.25, -0.2) is 0 Å². The number of nitrogens with one attached hydrogen (secondary N) is 1. The van der Waals surface area contributed by atoms with Crippen molar-refractivity contribution in [3.05, 3.63) is 6.42 Å². The molecule has 3 heteroatoms. The van der Waals surface area contributed by atoms with Gasteiger partial charge in [0.15, 0.2) is 5.78 Å². The van der Waals surface area contributed by atoms with E-state index in [4.69, 9.17) is 0 Å². The second-order valence-corrected chi connectivity index (χ2v) is 2.30. The average molecular weight is 156 g/mol. The van der Waals surface area contributed by atoms with Crippen molar-refractivity contribution in [1.29, 1.82) is 0 Å². The Morgan fingerprint density at radius 1 is 1.45 bits per heavy atom. The third-order valence-electron chi connectivity index (χ3n) is 1.25. The summed E-state index contributed by atoms with van der Waals surface area (Å²) >= 11 is 0. The fraction of sp³-hybridized carbons (Fsp3) is 0.625. The minimum Gasteiger partial charge on any atom is -0.349 e. The summed E-state index contributed by atoms with van der Waals surface area (Å²) in [6.07, 6.45) is 2.79. The SMILES string of the molecule is C[CH]C(=O)NCC(=O)CCC. The van der Waals surface area contributed by atoms with Crippen LogP contribution in [0.2, 0.25) is 0 Å². The first-order chi connectivity index (χ1) is 5.20. The fourth-order valence-electron chi connectivity index (χ4n) is 0.655. The lowest BCUT2D eigenvalue weighted by molar-refractivity contribution is -0.123. The average Bonchev–Trinajstić information content (AvgIpc) is 2.01. The van der Waals surface area contributed by atoms with Crippen molar-refractivity contribution in [2.75, 3.05) is 6.54 Å². The van der Waals surface area contributed by atoms with Crippen LogP contribution in [0.5, 0.6) is 0 Å². The number of hydrogen-bond acceptors (Lipinski definition) is 2. The summed E-state index contributed by atoms with van der Waals surface area (Å²) in [5.74, 6) is -0.0999. The van der Waals surface area contributed by atoms with E-state index in [2.05, 4.69) is 5.32 Å². The molecule has 0 aliphatic carbocycles. The largest absolute Gasteiger partial charge is 0.349 e. The number of carbonyl (C=O) groups excluding carboxylic acids is 2. The molecular weight excluding hydrogens is 142 g/mol. The Kier molecular flexibility index (Phi) is 5.43. The van der Waals surface area contributed by atoms with E-state index in [0.29, 0.717) is 6.42 Å². The van der Waals surface area contributed by atoms with Crippen LogP contribution < -0.4 is 5.32 Å². The van der Waals surface area contributed by atoms with Crippen molar-refractivity contribution in [3.8, 4) is 0 Å². The maximum atomic E-state index is 10.8. The van der Waals surface area contributed by atoms with E-state index in [1.807, 2.05) is 6.92 Å². The Bertz CT molecular complexity index is 143. The maximum Gasteiger partial charge on any atom is 0.223 e. The van der Waals surface area contributed by atoms with Crippen LogP contribution in [0.1, 0.15) is 26.7 Å². The molecule has 0 aromatic rings. The molecule has 0 bridgehead atoms. The van der Waals surface area contributed by atoms with Crippen molar-refractivity contribution in [3.63, 3.8) is 0 Å². The lowest BCUT2D eigenvalue weighted by Gasteiger charge is -2.00. The predicted molar refractivity (Wildman–Crippen MR) is 42.9 cm³/mol. The molecule has 0 spiro atoms. The van der Waals surface area contributed by atoms with E-state index in [9.17, 15) is 9.59 Å². The van der Waals surface area contributed by atoms with Crippen LogP contribution in [0.3, 0.4) is 0 Å². The van der Waals surface area contributed by atoms with Gasteiger partial charge in [0, 0.05) is 12.8 Å². The van der Waals surface area contributed by atoms with Crippen LogP contribution in [-0.2, 0) is 9.59 Å². The van der Waals surface area contributed by atoms with Gasteiger partial charge in [0.25, 0.3) is 0 Å². The van der Waals surface area contributed by atoms with Crippen molar-refractivity contribution in [2.45, 2.75) is 26.7 Å². The first-order valence-corrected chi connectivity index (χ1v) is 3.79. The normalized spacial score (nSPS) is 9.27. The molecule has 0 aliphatic rings. The quantitative estimate of drug-likeness (QED) is 0.636. The standard InChI is InChI=1S/C8H14NO2/c1-3-5-7(10)6-9-8(11)4-2/h4H,3,5-6H2,1-2H3,(H,9,11). The minimum absolute atomic E-state index is 0.0858. The zero-order chi connectivity index (χ0) is 8.69. The van der Waals surface area contributed by atoms with Gasteiger partial charge in [0.05, 0.1) is 6.54 Å². The topological polar surface area (TPSA) is 46.2 Å². The summed E-state index contributed by atoms with van der Waals surface area (Å²) < 4.78 is 0. The van der Waals surface area contributed by atoms with Crippen LogP contribution in [-0.4, -0.2) is 18.2 Å². The molecule has 0 fully saturated rings. The van der Waals surface area contributed by atoms with Gasteiger partial charge >= 0.3 is 0 Å². The first-order valence-electron chi connectivity index (χ1n) is 3.79. The monoisotopic (exact) mass is 156 g/mol. The Morgan fingerprint density at radius 2 is 2.09 bits per heavy atom. The molecule has 0 aromatic carbocycles. The Balaban J connectivity index is 3.38. The van der Waals surface area contributed by atoms with Crippen LogP contribution >= 0.6 is 0 Å². The maximum absolute atomic E-state index is 10.8. The van der Waals surface area contributed by atoms with Gasteiger partial charge in [-0.05, 0) is 6.42 Å². The van der Waals surface area contributed by atoms with Crippen molar-refractivity contribution >= 4 is 11.7 Å². The molecule has 11 heavy (non-hydrogen) atoms. The van der Waals surface area contributed by atoms with E-state index < -0.39 is 0 Å². The summed E-state index contributed by atoms with van der Waals surface area (Å²) in [4.78, 5) is 21.4. The summed E-state index contributed by atoms with van der Waals surface area (Å²) in [5.41, 5.74) is 0. The van der Waals surface area contributed by atoms with Crippen molar-refractivity contribution in [2.24, 2.45) is 0 Å². The Morgan fingerprint density at radius 3 is 2.55 bits per heavy atom. The van der Waals surface area contributed by atoms with E-state index in [1.54, 1.807) is 6.92 Å². The number of amides is 1. The molecule has 1 amide bonds. The molecule has 0 unspecified atom stereocenters. The van der Waals surface area contributed by atoms with Gasteiger partial charge in [-0.2, -0.15) is 0 Å². The highest BCUT2D eigenvalue weighted by Crippen LogP contribution is 1.87. The summed E-state index contributed by atoms with van der Waals surface area (Å²) in [7, 11) is 0. The van der Waals surface area contributed by atoms with E-state index in [1.165, 1.54) is 6.42 Å². The Labute approximate surface area is 67.2 Å². The van der Waals surface area contributed by atoms with Gasteiger partial charge < -0.3 is 5.32 Å². The fourth-order valence-corrected chi connectivity index (χ4v) is 0.655. The van der Waals surface area contributed by atoms with E-state index >= 15 is 0 Å². The summed E-state index contributed by atoms with van der Waals surface area (Å²) in [5, 5.41) is 2.47. The molecule has 0 aliphatic heterocycles. The molecule has 0 saturated carbocycles. The highest BCUT2D eigenvalue weighted by Gasteiger charge is 2.01. The number of Topliss-reactive ketones (excluding diaryl/α,β-unsaturated/α-hetero) is 1. The summed E-state index contributed by atoms with van der Waals surface area (Å²) in [6, 6.07) is 0. The van der Waals surface area contributed by atoms with Crippen LogP contribution in [0.25, 0.3) is 0 Å². The predicted octanol–water partition coefficient (Wildman–Crippen LogP) is 0.696. The lowest BCUT2D eigenvalue weighted by Crippen LogP contribution is -2.28. The molecule has 0 aromatic heterocycles. The molecule has 1 radical (unpaired) electrons. The van der Waals surface area contributed by atoms with Crippen molar-refractivity contribution < 1.29 is 9.59 Å². The Hall–Kier alpha value is -0.860. The number of carbonyl (C=O) groups is 2. The van der Waals surface area contributed by atoms with Gasteiger partial charge in [-0.15, -0.1) is 0 Å². The van der Waals surface area contributed by atoms with Crippen LogP contribution in [0.4, 0.5) is 0 Å². The second-order valence-electron chi connectivity index (χ2n) is 2.30. The van der Waals surface area contributed by atoms with E-state index in [0.717, 1.165) is 6.42 Å². The van der Waals surface area contributed by atoms with Crippen LogP contribution in [0.15, 0.2) is 0 Å². The van der Waals surface area contributed by atoms with Crippen LogP contribution in [0, 0.1) is 6.42 Å². The molecule has 1 N–H and O–H groups in total. The second kappa shape index (κ2) is 5.89. The minimum atomic E-state index is -0.186. The zero-order valence-electron chi connectivity index (χ0n) is 7.02. The molecule has 0 heterocycles. The summed E-state index contributed by atoms with van der Waals surface area (Å²) in [6.45, 7) is 3.74. The molecule has 63 valence electrons. The first kappa shape index (κ1) is 10.1. The third kappa shape index (κ3) is 5.58. The van der Waals surface area contributed by atoms with Gasteiger partial charge in [0.2, 0.25) is 5.91 Å². The van der Waals surface area contributed by atoms with Crippen molar-refractivity contribution in [1.82, 2.24) is 5.32 Å². The van der Waals surface area contributed by atoms with E-state index in [-0.39, 0.29) is 18.2 Å². The van der Waals surface area contributed by atoms with Gasteiger partial charge in [-0.3, -0.25) is 9.59 Å². The number of hydrogen-bond donors (Lipinski definition) is 1. The molecule has 0 atom stereocenters. The smallest absolute Gasteiger partial charge is 0.223 e. The molecular formula is C8H14NO2. The third-order valence-corrected chi connectivity index (χ3v) is 1.25. The van der Waals surface area contributed by atoms with Gasteiger partial charge in [0.1, 0.15) is 0 Å². The highest BCUT2D eigenvalue weighted by molar-refractivity contribution is 5.89. The number of rotatable bonds is 5. The number of ketones is 1. The lowest BCUT2D eigenvalue weighted by atomic mass is 10.2. The molecule has 0 saturated heterocycles.